The van der Waals surface area contributed by atoms with Crippen LogP contribution in [-0.4, -0.2) is 28.7 Å². The van der Waals surface area contributed by atoms with E-state index in [1.54, 1.807) is 12.1 Å². The molecule has 124 valence electrons. The molecule has 7 heteroatoms. The highest BCUT2D eigenvalue weighted by molar-refractivity contribution is 5.87. The van der Waals surface area contributed by atoms with E-state index in [-0.39, 0.29) is 23.7 Å². The highest BCUT2D eigenvalue weighted by atomic mass is 16.7. The molecule has 1 rings (SSSR count). The standard InChI is InChI=1S/C16H19NO6/c1-10(18)14(7-8-15(20)17-23-11(2)19)9-12-3-5-13(6-4-12)16(21)22/h3-6,14H,7-9H2,1-2H3,(H,17,20)(H,21,22). The van der Waals surface area contributed by atoms with Crippen LogP contribution in [0, 0.1) is 5.92 Å². The van der Waals surface area contributed by atoms with E-state index in [9.17, 15) is 19.2 Å². The van der Waals surface area contributed by atoms with Crippen molar-refractivity contribution >= 4 is 23.6 Å². The van der Waals surface area contributed by atoms with E-state index in [4.69, 9.17) is 5.11 Å². The Morgan fingerprint density at radius 3 is 2.22 bits per heavy atom. The molecular formula is C16H19NO6. The van der Waals surface area contributed by atoms with Gasteiger partial charge in [-0.25, -0.2) is 4.79 Å². The summed E-state index contributed by atoms with van der Waals surface area (Å²) in [5, 5.41) is 8.85. The normalized spacial score (nSPS) is 11.4. The summed E-state index contributed by atoms with van der Waals surface area (Å²) < 4.78 is 0. The van der Waals surface area contributed by atoms with Gasteiger partial charge in [0.05, 0.1) is 5.56 Å². The average Bonchev–Trinajstić information content (AvgIpc) is 2.49. The molecule has 0 radical (unpaired) electrons. The van der Waals surface area contributed by atoms with Gasteiger partial charge in [0.25, 0.3) is 5.91 Å². The number of carboxylic acid groups (broad SMARTS) is 1. The minimum absolute atomic E-state index is 0.0464. The van der Waals surface area contributed by atoms with Crippen molar-refractivity contribution in [1.82, 2.24) is 5.48 Å². The van der Waals surface area contributed by atoms with Crippen LogP contribution in [0.5, 0.6) is 0 Å². The Hall–Kier alpha value is -2.70. The highest BCUT2D eigenvalue weighted by Crippen LogP contribution is 2.16. The molecule has 0 aliphatic heterocycles. The second kappa shape index (κ2) is 8.67. The maximum absolute atomic E-state index is 11.7. The van der Waals surface area contributed by atoms with Crippen LogP contribution in [-0.2, 0) is 25.6 Å². The molecule has 0 saturated carbocycles. The van der Waals surface area contributed by atoms with E-state index in [0.717, 1.165) is 5.56 Å². The quantitative estimate of drug-likeness (QED) is 0.737. The van der Waals surface area contributed by atoms with E-state index in [0.29, 0.717) is 12.8 Å². The van der Waals surface area contributed by atoms with Crippen LogP contribution in [0.4, 0.5) is 0 Å². The Labute approximate surface area is 133 Å². The lowest BCUT2D eigenvalue weighted by atomic mass is 9.91. The number of Topliss-reactive ketones (excluding diaryl/α,β-unsaturated/α-hetero) is 1. The van der Waals surface area contributed by atoms with Crippen molar-refractivity contribution in [2.45, 2.75) is 33.1 Å². The van der Waals surface area contributed by atoms with Gasteiger partial charge in [0.15, 0.2) is 0 Å². The third-order valence-electron chi connectivity index (χ3n) is 3.29. The average molecular weight is 321 g/mol. The van der Waals surface area contributed by atoms with Gasteiger partial charge in [0.2, 0.25) is 0 Å². The summed E-state index contributed by atoms with van der Waals surface area (Å²) in [5.74, 6) is -2.55. The van der Waals surface area contributed by atoms with Crippen molar-refractivity contribution in [3.05, 3.63) is 35.4 Å². The van der Waals surface area contributed by atoms with Gasteiger partial charge in [0, 0.05) is 19.3 Å². The zero-order valence-corrected chi connectivity index (χ0v) is 13.0. The summed E-state index contributed by atoms with van der Waals surface area (Å²) in [6.07, 6.45) is 0.768. The number of hydrogen-bond acceptors (Lipinski definition) is 5. The molecule has 1 amide bonds. The van der Waals surface area contributed by atoms with Gasteiger partial charge >= 0.3 is 11.9 Å². The molecule has 0 aliphatic rings. The fourth-order valence-corrected chi connectivity index (χ4v) is 2.00. The van der Waals surface area contributed by atoms with E-state index in [2.05, 4.69) is 4.84 Å². The molecule has 1 atom stereocenters. The van der Waals surface area contributed by atoms with Crippen molar-refractivity contribution in [2.24, 2.45) is 5.92 Å². The number of ketones is 1. The Balaban J connectivity index is 2.58. The molecule has 23 heavy (non-hydrogen) atoms. The Morgan fingerprint density at radius 1 is 1.13 bits per heavy atom. The van der Waals surface area contributed by atoms with Crippen molar-refractivity contribution in [3.8, 4) is 0 Å². The first kappa shape index (κ1) is 18.3. The summed E-state index contributed by atoms with van der Waals surface area (Å²) in [7, 11) is 0. The summed E-state index contributed by atoms with van der Waals surface area (Å²) in [5.41, 5.74) is 2.99. The van der Waals surface area contributed by atoms with Gasteiger partial charge in [-0.05, 0) is 37.5 Å². The SMILES string of the molecule is CC(=O)ONC(=O)CCC(Cc1ccc(C(=O)O)cc1)C(C)=O. The molecule has 0 fully saturated rings. The smallest absolute Gasteiger partial charge is 0.335 e. The van der Waals surface area contributed by atoms with E-state index in [1.807, 2.05) is 5.48 Å². The topological polar surface area (TPSA) is 110 Å². The largest absolute Gasteiger partial charge is 0.478 e. The third-order valence-corrected chi connectivity index (χ3v) is 3.29. The highest BCUT2D eigenvalue weighted by Gasteiger charge is 2.17. The summed E-state index contributed by atoms with van der Waals surface area (Å²) >= 11 is 0. The molecule has 7 nitrogen and oxygen atoms in total. The Bertz CT molecular complexity index is 593. The van der Waals surface area contributed by atoms with Gasteiger partial charge in [-0.2, -0.15) is 5.48 Å². The van der Waals surface area contributed by atoms with Gasteiger partial charge in [-0.15, -0.1) is 0 Å². The lowest BCUT2D eigenvalue weighted by Gasteiger charge is -2.13. The Morgan fingerprint density at radius 2 is 1.74 bits per heavy atom. The van der Waals surface area contributed by atoms with Crippen molar-refractivity contribution in [1.29, 1.82) is 0 Å². The number of aromatic carboxylic acids is 1. The fraction of sp³-hybridized carbons (Fsp3) is 0.375. The first-order chi connectivity index (χ1) is 10.8. The van der Waals surface area contributed by atoms with Crippen LogP contribution < -0.4 is 5.48 Å². The van der Waals surface area contributed by atoms with Gasteiger partial charge in [-0.1, -0.05) is 12.1 Å². The molecule has 1 unspecified atom stereocenters. The van der Waals surface area contributed by atoms with Crippen LogP contribution in [0.1, 0.15) is 42.6 Å². The first-order valence-electron chi connectivity index (χ1n) is 7.08. The predicted molar refractivity (Wildman–Crippen MR) is 80.4 cm³/mol. The van der Waals surface area contributed by atoms with Crippen LogP contribution in [0.3, 0.4) is 0 Å². The van der Waals surface area contributed by atoms with E-state index in [1.165, 1.54) is 26.0 Å². The van der Waals surface area contributed by atoms with Crippen LogP contribution in [0.15, 0.2) is 24.3 Å². The molecule has 0 spiro atoms. The molecular weight excluding hydrogens is 302 g/mol. The van der Waals surface area contributed by atoms with Gasteiger partial charge in [-0.3, -0.25) is 14.4 Å². The van der Waals surface area contributed by atoms with Crippen LogP contribution in [0.25, 0.3) is 0 Å². The van der Waals surface area contributed by atoms with Crippen molar-refractivity contribution in [3.63, 3.8) is 0 Å². The van der Waals surface area contributed by atoms with E-state index >= 15 is 0 Å². The summed E-state index contributed by atoms with van der Waals surface area (Å²) in [6.45, 7) is 2.61. The number of amides is 1. The predicted octanol–water partition coefficient (Wildman–Crippen LogP) is 1.51. The second-order valence-corrected chi connectivity index (χ2v) is 5.17. The summed E-state index contributed by atoms with van der Waals surface area (Å²) in [4.78, 5) is 48.9. The van der Waals surface area contributed by atoms with Crippen LogP contribution >= 0.6 is 0 Å². The first-order valence-corrected chi connectivity index (χ1v) is 7.08. The van der Waals surface area contributed by atoms with Crippen molar-refractivity contribution in [2.75, 3.05) is 0 Å². The summed E-state index contributed by atoms with van der Waals surface area (Å²) in [6, 6.07) is 6.25. The van der Waals surface area contributed by atoms with Gasteiger partial charge < -0.3 is 9.94 Å². The maximum Gasteiger partial charge on any atom is 0.335 e. The molecule has 0 aliphatic carbocycles. The minimum atomic E-state index is -1.01. The number of rotatable bonds is 7. The molecule has 0 saturated heterocycles. The number of benzene rings is 1. The number of carboxylic acids is 1. The fourth-order valence-electron chi connectivity index (χ4n) is 2.00. The molecule has 2 N–H and O–H groups in total. The maximum atomic E-state index is 11.7. The number of hydroxylamine groups is 1. The number of nitrogens with one attached hydrogen (secondary N) is 1. The van der Waals surface area contributed by atoms with E-state index < -0.39 is 17.8 Å². The molecule has 1 aromatic carbocycles. The monoisotopic (exact) mass is 321 g/mol. The molecule has 0 aromatic heterocycles. The molecule has 0 bridgehead atoms. The third kappa shape index (κ3) is 6.73. The number of hydrogen-bond donors (Lipinski definition) is 2. The lowest BCUT2D eigenvalue weighted by Crippen LogP contribution is -2.27. The molecule has 0 heterocycles. The minimum Gasteiger partial charge on any atom is -0.478 e. The molecule has 1 aromatic rings. The second-order valence-electron chi connectivity index (χ2n) is 5.17. The van der Waals surface area contributed by atoms with Crippen LogP contribution in [0.2, 0.25) is 0 Å². The zero-order chi connectivity index (χ0) is 17.4. The van der Waals surface area contributed by atoms with Crippen molar-refractivity contribution < 1.29 is 29.1 Å². The Kier molecular flexibility index (Phi) is 6.92. The zero-order valence-electron chi connectivity index (χ0n) is 13.0. The lowest BCUT2D eigenvalue weighted by molar-refractivity contribution is -0.156. The van der Waals surface area contributed by atoms with Gasteiger partial charge in [0.1, 0.15) is 5.78 Å². The number of carbonyl (C=O) groups excluding carboxylic acids is 3. The number of carbonyl (C=O) groups is 4.